The van der Waals surface area contributed by atoms with E-state index in [9.17, 15) is 14.0 Å². The SMILES string of the molecule is COC(=O)CC[C@@H]1N=C(c2ccccc2F)c2cc(Cl)ccc2N(C)C1=O. The van der Waals surface area contributed by atoms with Gasteiger partial charge in [0.05, 0.1) is 18.5 Å². The van der Waals surface area contributed by atoms with Crippen LogP contribution in [0, 0.1) is 5.82 Å². The molecule has 2 aromatic rings. The Bertz CT molecular complexity index is 929. The van der Waals surface area contributed by atoms with Gasteiger partial charge in [-0.05, 0) is 36.8 Å². The molecule has 2 aromatic carbocycles. The highest BCUT2D eigenvalue weighted by molar-refractivity contribution is 6.32. The number of likely N-dealkylation sites (N-methyl/N-ethyl adjacent to an activating group) is 1. The Morgan fingerprint density at radius 2 is 2.00 bits per heavy atom. The number of carbonyl (C=O) groups is 2. The standard InChI is InChI=1S/C20H18ClFN2O3/c1-24-17-9-7-12(21)11-14(17)19(13-5-3-4-6-15(13)22)23-16(20(24)26)8-10-18(25)27-2/h3-7,9,11,16H,8,10H2,1-2H3/t16-/m0/s1. The van der Waals surface area contributed by atoms with Crippen LogP contribution in [0.5, 0.6) is 0 Å². The molecule has 1 aliphatic heterocycles. The molecular weight excluding hydrogens is 371 g/mol. The van der Waals surface area contributed by atoms with Gasteiger partial charge in [-0.15, -0.1) is 0 Å². The minimum Gasteiger partial charge on any atom is -0.469 e. The molecule has 1 amide bonds. The van der Waals surface area contributed by atoms with Crippen LogP contribution in [0.15, 0.2) is 47.5 Å². The molecule has 0 radical (unpaired) electrons. The Labute approximate surface area is 161 Å². The number of hydrogen-bond acceptors (Lipinski definition) is 4. The zero-order valence-corrected chi connectivity index (χ0v) is 15.7. The molecule has 3 rings (SSSR count). The lowest BCUT2D eigenvalue weighted by Gasteiger charge is -2.20. The maximum atomic E-state index is 14.5. The minimum absolute atomic E-state index is 0.0336. The predicted octanol–water partition coefficient (Wildman–Crippen LogP) is 3.61. The topological polar surface area (TPSA) is 59.0 Å². The quantitative estimate of drug-likeness (QED) is 0.752. The maximum Gasteiger partial charge on any atom is 0.305 e. The number of benzene rings is 2. The van der Waals surface area contributed by atoms with E-state index in [0.29, 0.717) is 22.0 Å². The molecule has 0 unspecified atom stereocenters. The summed E-state index contributed by atoms with van der Waals surface area (Å²) in [6.07, 6.45) is 0.196. The van der Waals surface area contributed by atoms with Gasteiger partial charge in [-0.3, -0.25) is 14.6 Å². The normalized spacial score (nSPS) is 16.4. The van der Waals surface area contributed by atoms with Crippen molar-refractivity contribution in [3.05, 3.63) is 64.4 Å². The zero-order valence-electron chi connectivity index (χ0n) is 14.9. The Morgan fingerprint density at radius 1 is 1.26 bits per heavy atom. The molecule has 0 saturated heterocycles. The molecule has 0 aromatic heterocycles. The molecule has 0 aliphatic carbocycles. The molecule has 0 bridgehead atoms. The molecule has 0 fully saturated rings. The lowest BCUT2D eigenvalue weighted by atomic mass is 9.99. The monoisotopic (exact) mass is 388 g/mol. The molecule has 0 saturated carbocycles. The number of fused-ring (bicyclic) bond motifs is 1. The number of nitrogens with zero attached hydrogens (tertiary/aromatic N) is 2. The summed E-state index contributed by atoms with van der Waals surface area (Å²) in [4.78, 5) is 30.4. The second-order valence-corrected chi connectivity index (χ2v) is 6.58. The number of methoxy groups -OCH3 is 1. The molecule has 1 heterocycles. The van der Waals surface area contributed by atoms with Crippen molar-refractivity contribution in [1.29, 1.82) is 0 Å². The first kappa shape index (κ1) is 19.0. The summed E-state index contributed by atoms with van der Waals surface area (Å²) >= 11 is 6.15. The van der Waals surface area contributed by atoms with E-state index in [1.54, 1.807) is 43.4 Å². The summed E-state index contributed by atoms with van der Waals surface area (Å²) < 4.78 is 19.2. The summed E-state index contributed by atoms with van der Waals surface area (Å²) in [5.74, 6) is -1.17. The van der Waals surface area contributed by atoms with Crippen LogP contribution in [0.4, 0.5) is 10.1 Å². The van der Waals surface area contributed by atoms with Crippen molar-refractivity contribution in [2.24, 2.45) is 4.99 Å². The molecule has 0 N–H and O–H groups in total. The van der Waals surface area contributed by atoms with Crippen LogP contribution >= 0.6 is 11.6 Å². The zero-order chi connectivity index (χ0) is 19.6. The third kappa shape index (κ3) is 3.85. The van der Waals surface area contributed by atoms with E-state index in [1.165, 1.54) is 18.1 Å². The lowest BCUT2D eigenvalue weighted by molar-refractivity contribution is -0.140. The second kappa shape index (κ2) is 7.88. The van der Waals surface area contributed by atoms with Crippen LogP contribution < -0.4 is 4.90 Å². The smallest absolute Gasteiger partial charge is 0.305 e. The molecular formula is C20H18ClFN2O3. The van der Waals surface area contributed by atoms with Crippen LogP contribution in [0.3, 0.4) is 0 Å². The van der Waals surface area contributed by atoms with Crippen LogP contribution in [0.1, 0.15) is 24.0 Å². The van der Waals surface area contributed by atoms with E-state index in [1.807, 2.05) is 0 Å². The van der Waals surface area contributed by atoms with Crippen LogP contribution in [-0.4, -0.2) is 37.8 Å². The van der Waals surface area contributed by atoms with Gasteiger partial charge in [0.15, 0.2) is 0 Å². The highest BCUT2D eigenvalue weighted by Crippen LogP contribution is 2.31. The summed E-state index contributed by atoms with van der Waals surface area (Å²) in [5.41, 5.74) is 1.74. The van der Waals surface area contributed by atoms with Gasteiger partial charge in [0, 0.05) is 29.6 Å². The predicted molar refractivity (Wildman–Crippen MR) is 102 cm³/mol. The molecule has 1 atom stereocenters. The van der Waals surface area contributed by atoms with E-state index in [2.05, 4.69) is 9.73 Å². The fourth-order valence-electron chi connectivity index (χ4n) is 3.03. The third-order valence-corrected chi connectivity index (χ3v) is 4.69. The van der Waals surface area contributed by atoms with Gasteiger partial charge in [-0.1, -0.05) is 23.7 Å². The summed E-state index contributed by atoms with van der Waals surface area (Å²) in [7, 11) is 2.91. The highest BCUT2D eigenvalue weighted by atomic mass is 35.5. The number of carbonyl (C=O) groups excluding carboxylic acids is 2. The van der Waals surface area contributed by atoms with E-state index in [0.717, 1.165) is 0 Å². The van der Waals surface area contributed by atoms with Crippen molar-refractivity contribution in [1.82, 2.24) is 0 Å². The first-order chi connectivity index (χ1) is 12.9. The number of esters is 1. The number of halogens is 2. The molecule has 1 aliphatic rings. The van der Waals surface area contributed by atoms with Gasteiger partial charge in [0.1, 0.15) is 11.9 Å². The lowest BCUT2D eigenvalue weighted by Crippen LogP contribution is -2.35. The van der Waals surface area contributed by atoms with E-state index >= 15 is 0 Å². The second-order valence-electron chi connectivity index (χ2n) is 6.15. The Morgan fingerprint density at radius 3 is 2.70 bits per heavy atom. The van der Waals surface area contributed by atoms with Crippen LogP contribution in [0.25, 0.3) is 0 Å². The first-order valence-corrected chi connectivity index (χ1v) is 8.77. The van der Waals surface area contributed by atoms with Crippen molar-refractivity contribution in [2.75, 3.05) is 19.1 Å². The average molecular weight is 389 g/mol. The van der Waals surface area contributed by atoms with Crippen molar-refractivity contribution in [3.8, 4) is 0 Å². The largest absolute Gasteiger partial charge is 0.469 e. The number of rotatable bonds is 4. The van der Waals surface area contributed by atoms with Gasteiger partial charge < -0.3 is 9.64 Å². The fourth-order valence-corrected chi connectivity index (χ4v) is 3.20. The molecule has 0 spiro atoms. The van der Waals surface area contributed by atoms with Gasteiger partial charge in [-0.25, -0.2) is 4.39 Å². The van der Waals surface area contributed by atoms with Crippen LogP contribution in [0.2, 0.25) is 5.02 Å². The average Bonchev–Trinajstić information content (AvgIpc) is 2.76. The molecule has 5 nitrogen and oxygen atoms in total. The van der Waals surface area contributed by atoms with Crippen molar-refractivity contribution in [3.63, 3.8) is 0 Å². The van der Waals surface area contributed by atoms with E-state index < -0.39 is 17.8 Å². The van der Waals surface area contributed by atoms with Crippen molar-refractivity contribution in [2.45, 2.75) is 18.9 Å². The maximum absolute atomic E-state index is 14.5. The Hall–Kier alpha value is -2.73. The van der Waals surface area contributed by atoms with Gasteiger partial charge >= 0.3 is 5.97 Å². The summed E-state index contributed by atoms with van der Waals surface area (Å²) in [6, 6.07) is 10.4. The van der Waals surface area contributed by atoms with Gasteiger partial charge in [-0.2, -0.15) is 0 Å². The number of hydrogen-bond donors (Lipinski definition) is 0. The highest BCUT2D eigenvalue weighted by Gasteiger charge is 2.31. The van der Waals surface area contributed by atoms with Crippen molar-refractivity contribution >= 4 is 34.9 Å². The van der Waals surface area contributed by atoms with Crippen LogP contribution in [-0.2, 0) is 14.3 Å². The minimum atomic E-state index is -0.838. The Balaban J connectivity index is 2.16. The summed E-state index contributed by atoms with van der Waals surface area (Å²) in [5, 5.41) is 0.451. The number of amides is 1. The molecule has 27 heavy (non-hydrogen) atoms. The number of aliphatic imine (C=N–C) groups is 1. The van der Waals surface area contributed by atoms with Gasteiger partial charge in [0.2, 0.25) is 0 Å². The van der Waals surface area contributed by atoms with E-state index in [4.69, 9.17) is 11.6 Å². The number of ether oxygens (including phenoxy) is 1. The molecule has 7 heteroatoms. The van der Waals surface area contributed by atoms with E-state index in [-0.39, 0.29) is 24.3 Å². The number of anilines is 1. The number of benzodiazepines with no additional fused rings is 1. The summed E-state index contributed by atoms with van der Waals surface area (Å²) in [6.45, 7) is 0. The third-order valence-electron chi connectivity index (χ3n) is 4.45. The van der Waals surface area contributed by atoms with Crippen molar-refractivity contribution < 1.29 is 18.7 Å². The van der Waals surface area contributed by atoms with Gasteiger partial charge in [0.25, 0.3) is 5.91 Å². The first-order valence-electron chi connectivity index (χ1n) is 8.39. The fraction of sp³-hybridized carbons (Fsp3) is 0.250. The molecule has 140 valence electrons. The Kier molecular flexibility index (Phi) is 5.56.